The molecule has 3 rings (SSSR count). The predicted molar refractivity (Wildman–Crippen MR) is 77.3 cm³/mol. The number of hydrogen-bond donors (Lipinski definition) is 2. The molecule has 0 saturated carbocycles. The summed E-state index contributed by atoms with van der Waals surface area (Å²) in [4.78, 5) is 11.8. The summed E-state index contributed by atoms with van der Waals surface area (Å²) in [6, 6.07) is 18.3. The molecule has 21 heavy (non-hydrogen) atoms. The SMILES string of the molecule is O=C(NNc1nnc(-c2ccccc2)o1)c1ccccc1. The molecule has 0 unspecified atom stereocenters. The van der Waals surface area contributed by atoms with Crippen LogP contribution in [0.15, 0.2) is 65.1 Å². The zero-order valence-electron chi connectivity index (χ0n) is 11.0. The molecule has 1 aromatic heterocycles. The van der Waals surface area contributed by atoms with Crippen molar-refractivity contribution >= 4 is 11.9 Å². The summed E-state index contributed by atoms with van der Waals surface area (Å²) in [5.74, 6) is 0.0992. The summed E-state index contributed by atoms with van der Waals surface area (Å²) in [6.07, 6.45) is 0. The number of aromatic nitrogens is 2. The fourth-order valence-corrected chi connectivity index (χ4v) is 1.74. The van der Waals surface area contributed by atoms with Crippen molar-refractivity contribution in [2.45, 2.75) is 0 Å². The van der Waals surface area contributed by atoms with E-state index in [1.165, 1.54) is 0 Å². The summed E-state index contributed by atoms with van der Waals surface area (Å²) in [5, 5.41) is 7.72. The lowest BCUT2D eigenvalue weighted by Gasteiger charge is -2.03. The largest absolute Gasteiger partial charge is 0.402 e. The minimum Gasteiger partial charge on any atom is -0.402 e. The van der Waals surface area contributed by atoms with Crippen molar-refractivity contribution in [2.24, 2.45) is 0 Å². The monoisotopic (exact) mass is 280 g/mol. The van der Waals surface area contributed by atoms with Gasteiger partial charge in [-0.25, -0.2) is 5.43 Å². The lowest BCUT2D eigenvalue weighted by molar-refractivity contribution is 0.0961. The van der Waals surface area contributed by atoms with Gasteiger partial charge in [-0.05, 0) is 24.3 Å². The van der Waals surface area contributed by atoms with E-state index in [1.807, 2.05) is 36.4 Å². The number of amides is 1. The van der Waals surface area contributed by atoms with Gasteiger partial charge < -0.3 is 4.42 Å². The smallest absolute Gasteiger partial charge is 0.335 e. The summed E-state index contributed by atoms with van der Waals surface area (Å²) < 4.78 is 5.41. The first-order chi connectivity index (χ1) is 10.3. The van der Waals surface area contributed by atoms with E-state index in [0.29, 0.717) is 11.5 Å². The lowest BCUT2D eigenvalue weighted by Crippen LogP contribution is -2.29. The Morgan fingerprint density at radius 2 is 1.57 bits per heavy atom. The minimum absolute atomic E-state index is 0.123. The first-order valence-electron chi connectivity index (χ1n) is 6.33. The third-order valence-electron chi connectivity index (χ3n) is 2.76. The number of carbonyl (C=O) groups is 1. The molecular weight excluding hydrogens is 268 g/mol. The molecule has 6 heteroatoms. The highest BCUT2D eigenvalue weighted by molar-refractivity contribution is 5.94. The van der Waals surface area contributed by atoms with Gasteiger partial charge in [0.05, 0.1) is 0 Å². The van der Waals surface area contributed by atoms with E-state index in [4.69, 9.17) is 4.42 Å². The second-order valence-corrected chi connectivity index (χ2v) is 4.22. The molecule has 104 valence electrons. The average molecular weight is 280 g/mol. The van der Waals surface area contributed by atoms with E-state index in [-0.39, 0.29) is 11.9 Å². The average Bonchev–Trinajstić information content (AvgIpc) is 3.03. The Labute approximate surface area is 120 Å². The van der Waals surface area contributed by atoms with Crippen molar-refractivity contribution in [1.82, 2.24) is 15.6 Å². The Morgan fingerprint density at radius 3 is 2.29 bits per heavy atom. The Morgan fingerprint density at radius 1 is 0.905 bits per heavy atom. The van der Waals surface area contributed by atoms with Crippen LogP contribution in [0.2, 0.25) is 0 Å². The summed E-state index contributed by atoms with van der Waals surface area (Å²) in [6.45, 7) is 0. The molecule has 1 heterocycles. The van der Waals surface area contributed by atoms with Gasteiger partial charge in [0.25, 0.3) is 5.91 Å². The van der Waals surface area contributed by atoms with Crippen LogP contribution < -0.4 is 10.9 Å². The molecule has 0 bridgehead atoms. The first-order valence-corrected chi connectivity index (χ1v) is 6.33. The quantitative estimate of drug-likeness (QED) is 0.718. The summed E-state index contributed by atoms with van der Waals surface area (Å²) in [5.41, 5.74) is 6.44. The second-order valence-electron chi connectivity index (χ2n) is 4.22. The Bertz CT molecular complexity index is 726. The highest BCUT2D eigenvalue weighted by Gasteiger charge is 2.09. The van der Waals surface area contributed by atoms with Crippen LogP contribution in [0.1, 0.15) is 10.4 Å². The van der Waals surface area contributed by atoms with E-state index >= 15 is 0 Å². The molecule has 0 aliphatic carbocycles. The van der Waals surface area contributed by atoms with Crippen LogP contribution >= 0.6 is 0 Å². The zero-order valence-corrected chi connectivity index (χ0v) is 11.0. The third-order valence-corrected chi connectivity index (χ3v) is 2.76. The molecule has 2 N–H and O–H groups in total. The van der Waals surface area contributed by atoms with E-state index < -0.39 is 0 Å². The van der Waals surface area contributed by atoms with Crippen molar-refractivity contribution in [3.8, 4) is 11.5 Å². The molecule has 0 aliphatic heterocycles. The number of hydrogen-bond acceptors (Lipinski definition) is 5. The molecule has 1 amide bonds. The van der Waals surface area contributed by atoms with E-state index in [1.54, 1.807) is 24.3 Å². The van der Waals surface area contributed by atoms with Gasteiger partial charge >= 0.3 is 6.01 Å². The van der Waals surface area contributed by atoms with Crippen molar-refractivity contribution in [1.29, 1.82) is 0 Å². The molecule has 0 saturated heterocycles. The van der Waals surface area contributed by atoms with Crippen LogP contribution in [-0.4, -0.2) is 16.1 Å². The van der Waals surface area contributed by atoms with Crippen molar-refractivity contribution in [2.75, 3.05) is 5.43 Å². The van der Waals surface area contributed by atoms with Crippen molar-refractivity contribution in [3.05, 3.63) is 66.2 Å². The van der Waals surface area contributed by atoms with Crippen LogP contribution in [0.5, 0.6) is 0 Å². The molecule has 0 atom stereocenters. The molecule has 0 aliphatic rings. The number of carbonyl (C=O) groups excluding carboxylic acids is 1. The zero-order chi connectivity index (χ0) is 14.5. The van der Waals surface area contributed by atoms with Gasteiger partial charge in [0.1, 0.15) is 0 Å². The third kappa shape index (κ3) is 3.06. The van der Waals surface area contributed by atoms with Gasteiger partial charge in [0, 0.05) is 11.1 Å². The van der Waals surface area contributed by atoms with Crippen LogP contribution in [0, 0.1) is 0 Å². The fraction of sp³-hybridized carbons (Fsp3) is 0. The highest BCUT2D eigenvalue weighted by Crippen LogP contribution is 2.18. The van der Waals surface area contributed by atoms with Gasteiger partial charge in [-0.1, -0.05) is 41.5 Å². The minimum atomic E-state index is -0.282. The van der Waals surface area contributed by atoms with Crippen molar-refractivity contribution < 1.29 is 9.21 Å². The molecule has 2 aromatic carbocycles. The van der Waals surface area contributed by atoms with E-state index in [2.05, 4.69) is 21.0 Å². The van der Waals surface area contributed by atoms with Gasteiger partial charge in [-0.2, -0.15) is 0 Å². The van der Waals surface area contributed by atoms with Gasteiger partial charge in [0.15, 0.2) is 0 Å². The van der Waals surface area contributed by atoms with Crippen LogP contribution in [0.4, 0.5) is 6.01 Å². The van der Waals surface area contributed by atoms with Gasteiger partial charge in [-0.3, -0.25) is 10.2 Å². The second kappa shape index (κ2) is 5.87. The normalized spacial score (nSPS) is 10.1. The summed E-state index contributed by atoms with van der Waals surface area (Å²) in [7, 11) is 0. The lowest BCUT2D eigenvalue weighted by atomic mass is 10.2. The predicted octanol–water partition coefficient (Wildman–Crippen LogP) is 2.49. The maximum atomic E-state index is 11.8. The number of hydrazine groups is 1. The van der Waals surface area contributed by atoms with Crippen LogP contribution in [0.25, 0.3) is 11.5 Å². The number of rotatable bonds is 4. The number of anilines is 1. The molecule has 0 spiro atoms. The number of nitrogens with zero attached hydrogens (tertiary/aromatic N) is 2. The molecule has 3 aromatic rings. The Balaban J connectivity index is 1.64. The topological polar surface area (TPSA) is 80.0 Å². The van der Waals surface area contributed by atoms with Crippen LogP contribution in [0.3, 0.4) is 0 Å². The van der Waals surface area contributed by atoms with Gasteiger partial charge in [0.2, 0.25) is 5.89 Å². The number of nitrogens with one attached hydrogen (secondary N) is 2. The maximum absolute atomic E-state index is 11.8. The fourth-order valence-electron chi connectivity index (χ4n) is 1.74. The molecule has 6 nitrogen and oxygen atoms in total. The standard InChI is InChI=1S/C15H12N4O2/c20-13(11-7-3-1-4-8-11)16-18-15-19-17-14(21-15)12-9-5-2-6-10-12/h1-10H,(H,16,20)(H,18,19). The summed E-state index contributed by atoms with van der Waals surface area (Å²) >= 11 is 0. The molecule has 0 radical (unpaired) electrons. The van der Waals surface area contributed by atoms with Crippen LogP contribution in [-0.2, 0) is 0 Å². The van der Waals surface area contributed by atoms with Crippen molar-refractivity contribution in [3.63, 3.8) is 0 Å². The van der Waals surface area contributed by atoms with E-state index in [0.717, 1.165) is 5.56 Å². The molecular formula is C15H12N4O2. The van der Waals surface area contributed by atoms with Gasteiger partial charge in [-0.15, -0.1) is 5.10 Å². The highest BCUT2D eigenvalue weighted by atomic mass is 16.4. The van der Waals surface area contributed by atoms with E-state index in [9.17, 15) is 4.79 Å². The Hall–Kier alpha value is -3.15. The molecule has 0 fully saturated rings. The first kappa shape index (κ1) is 12.9. The maximum Gasteiger partial charge on any atom is 0.335 e. The number of benzene rings is 2. The Kier molecular flexibility index (Phi) is 3.60.